The molecule has 0 unspecified atom stereocenters. The molecular weight excluding hydrogens is 268 g/mol. The average molecular weight is 285 g/mol. The molecule has 0 spiro atoms. The van der Waals surface area contributed by atoms with E-state index in [1.165, 1.54) is 0 Å². The second-order valence-electron chi connectivity index (χ2n) is 3.91. The summed E-state index contributed by atoms with van der Waals surface area (Å²) < 4.78 is 5.55. The molecule has 0 N–H and O–H groups in total. The zero-order valence-electron chi connectivity index (χ0n) is 9.70. The summed E-state index contributed by atoms with van der Waals surface area (Å²) in [7, 11) is 0. The van der Waals surface area contributed by atoms with Crippen molar-refractivity contribution in [3.8, 4) is 5.75 Å². The lowest BCUT2D eigenvalue weighted by Gasteiger charge is -2.10. The van der Waals surface area contributed by atoms with Crippen molar-refractivity contribution >= 4 is 21.7 Å². The van der Waals surface area contributed by atoms with Gasteiger partial charge in [0.2, 0.25) is 0 Å². The highest BCUT2D eigenvalue weighted by molar-refractivity contribution is 9.09. The summed E-state index contributed by atoms with van der Waals surface area (Å²) in [6, 6.07) is 7.39. The van der Waals surface area contributed by atoms with E-state index in [1.807, 2.05) is 38.1 Å². The number of halogens is 1. The summed E-state index contributed by atoms with van der Waals surface area (Å²) in [5.74, 6) is 0.938. The molecule has 0 bridgehead atoms. The third-order valence-electron chi connectivity index (χ3n) is 2.07. The first-order valence-electron chi connectivity index (χ1n) is 5.49. The standard InChI is InChI=1S/C13H17BrO2/c1-10(2)16-12-6-3-5-11(9-12)13(15)7-4-8-14/h3,5-6,9-10H,4,7-8H2,1-2H3. The Morgan fingerprint density at radius 2 is 2.19 bits per heavy atom. The van der Waals surface area contributed by atoms with E-state index in [2.05, 4.69) is 15.9 Å². The number of Topliss-reactive ketones (excluding diaryl/α,β-unsaturated/α-hetero) is 1. The fraction of sp³-hybridized carbons (Fsp3) is 0.462. The number of carbonyl (C=O) groups excluding carboxylic acids is 1. The van der Waals surface area contributed by atoms with E-state index in [0.29, 0.717) is 6.42 Å². The Bertz CT molecular complexity index is 348. The van der Waals surface area contributed by atoms with E-state index < -0.39 is 0 Å². The molecule has 16 heavy (non-hydrogen) atoms. The number of ether oxygens (including phenoxy) is 1. The smallest absolute Gasteiger partial charge is 0.163 e. The molecule has 1 rings (SSSR count). The maximum absolute atomic E-state index is 11.8. The first-order valence-corrected chi connectivity index (χ1v) is 6.61. The van der Waals surface area contributed by atoms with Crippen LogP contribution in [0.5, 0.6) is 5.75 Å². The van der Waals surface area contributed by atoms with E-state index >= 15 is 0 Å². The van der Waals surface area contributed by atoms with E-state index in [9.17, 15) is 4.79 Å². The van der Waals surface area contributed by atoms with Gasteiger partial charge >= 0.3 is 0 Å². The van der Waals surface area contributed by atoms with Crippen LogP contribution in [0.15, 0.2) is 24.3 Å². The van der Waals surface area contributed by atoms with E-state index in [-0.39, 0.29) is 11.9 Å². The highest BCUT2D eigenvalue weighted by Crippen LogP contribution is 2.16. The van der Waals surface area contributed by atoms with Crippen molar-refractivity contribution in [3.63, 3.8) is 0 Å². The molecule has 0 heterocycles. The first kappa shape index (κ1) is 13.2. The largest absolute Gasteiger partial charge is 0.491 e. The van der Waals surface area contributed by atoms with Crippen LogP contribution in [0, 0.1) is 0 Å². The monoisotopic (exact) mass is 284 g/mol. The van der Waals surface area contributed by atoms with Crippen LogP contribution in [0.4, 0.5) is 0 Å². The molecule has 0 aromatic heterocycles. The molecule has 0 aliphatic heterocycles. The van der Waals surface area contributed by atoms with E-state index in [1.54, 1.807) is 0 Å². The molecule has 88 valence electrons. The number of carbonyl (C=O) groups is 1. The minimum absolute atomic E-state index is 0.132. The second-order valence-corrected chi connectivity index (χ2v) is 4.70. The van der Waals surface area contributed by atoms with Crippen molar-refractivity contribution in [1.29, 1.82) is 0 Å². The average Bonchev–Trinajstić information content (AvgIpc) is 2.25. The number of ketones is 1. The van der Waals surface area contributed by atoms with Gasteiger partial charge in [0.1, 0.15) is 5.75 Å². The molecule has 1 aromatic carbocycles. The number of alkyl halides is 1. The molecular formula is C13H17BrO2. The predicted octanol–water partition coefficient (Wildman–Crippen LogP) is 3.83. The third kappa shape index (κ3) is 4.35. The van der Waals surface area contributed by atoms with Crippen molar-refractivity contribution in [2.24, 2.45) is 0 Å². The summed E-state index contributed by atoms with van der Waals surface area (Å²) in [6.45, 7) is 3.94. The molecule has 0 amide bonds. The van der Waals surface area contributed by atoms with Crippen LogP contribution in [0.1, 0.15) is 37.0 Å². The summed E-state index contributed by atoms with van der Waals surface area (Å²) in [5, 5.41) is 0.862. The highest BCUT2D eigenvalue weighted by Gasteiger charge is 2.06. The fourth-order valence-corrected chi connectivity index (χ4v) is 1.67. The van der Waals surface area contributed by atoms with Crippen LogP contribution >= 0.6 is 15.9 Å². The number of rotatable bonds is 6. The zero-order chi connectivity index (χ0) is 12.0. The number of hydrogen-bond acceptors (Lipinski definition) is 2. The molecule has 0 aliphatic rings. The van der Waals surface area contributed by atoms with E-state index in [0.717, 1.165) is 23.1 Å². The summed E-state index contributed by atoms with van der Waals surface area (Å²) in [6.07, 6.45) is 1.58. The summed E-state index contributed by atoms with van der Waals surface area (Å²) in [4.78, 5) is 11.8. The van der Waals surface area contributed by atoms with Crippen LogP contribution in [-0.2, 0) is 0 Å². The molecule has 0 fully saturated rings. The molecule has 0 aliphatic carbocycles. The minimum atomic E-state index is 0.132. The Morgan fingerprint density at radius 3 is 2.81 bits per heavy atom. The van der Waals surface area contributed by atoms with E-state index in [4.69, 9.17) is 4.74 Å². The van der Waals surface area contributed by atoms with Gasteiger partial charge in [-0.2, -0.15) is 0 Å². The molecule has 3 heteroatoms. The highest BCUT2D eigenvalue weighted by atomic mass is 79.9. The minimum Gasteiger partial charge on any atom is -0.491 e. The van der Waals surface area contributed by atoms with Crippen molar-refractivity contribution < 1.29 is 9.53 Å². The first-order chi connectivity index (χ1) is 7.63. The van der Waals surface area contributed by atoms with Crippen molar-refractivity contribution in [1.82, 2.24) is 0 Å². The molecule has 2 nitrogen and oxygen atoms in total. The Kier molecular flexibility index (Phi) is 5.53. The summed E-state index contributed by atoms with van der Waals surface area (Å²) in [5.41, 5.74) is 0.735. The SMILES string of the molecule is CC(C)Oc1cccc(C(=O)CCCBr)c1. The lowest BCUT2D eigenvalue weighted by atomic mass is 10.1. The second kappa shape index (κ2) is 6.69. The Balaban J connectivity index is 2.69. The Hall–Kier alpha value is -0.830. The maximum Gasteiger partial charge on any atom is 0.163 e. The third-order valence-corrected chi connectivity index (χ3v) is 2.63. The lowest BCUT2D eigenvalue weighted by molar-refractivity contribution is 0.0981. The van der Waals surface area contributed by atoms with Gasteiger partial charge in [-0.15, -0.1) is 0 Å². The lowest BCUT2D eigenvalue weighted by Crippen LogP contribution is -2.06. The fourth-order valence-electron chi connectivity index (χ4n) is 1.39. The molecule has 0 atom stereocenters. The number of benzene rings is 1. The van der Waals surface area contributed by atoms with Crippen LogP contribution < -0.4 is 4.74 Å². The Morgan fingerprint density at radius 1 is 1.44 bits per heavy atom. The molecule has 1 aromatic rings. The molecule has 0 saturated heterocycles. The van der Waals surface area contributed by atoms with Gasteiger partial charge < -0.3 is 4.74 Å². The molecule has 0 saturated carbocycles. The van der Waals surface area contributed by atoms with Gasteiger partial charge in [0.05, 0.1) is 6.10 Å². The summed E-state index contributed by atoms with van der Waals surface area (Å²) >= 11 is 3.32. The zero-order valence-corrected chi connectivity index (χ0v) is 11.3. The van der Waals surface area contributed by atoms with Gasteiger partial charge in [-0.25, -0.2) is 0 Å². The van der Waals surface area contributed by atoms with Crippen molar-refractivity contribution in [3.05, 3.63) is 29.8 Å². The molecule has 0 radical (unpaired) electrons. The van der Waals surface area contributed by atoms with Crippen LogP contribution in [0.2, 0.25) is 0 Å². The van der Waals surface area contributed by atoms with Gasteiger partial charge in [0, 0.05) is 17.3 Å². The number of hydrogen-bond donors (Lipinski definition) is 0. The topological polar surface area (TPSA) is 26.3 Å². The van der Waals surface area contributed by atoms with Crippen molar-refractivity contribution in [2.75, 3.05) is 5.33 Å². The van der Waals surface area contributed by atoms with Crippen molar-refractivity contribution in [2.45, 2.75) is 32.8 Å². The van der Waals surface area contributed by atoms with Crippen LogP contribution in [0.3, 0.4) is 0 Å². The normalized spacial score (nSPS) is 10.5. The van der Waals surface area contributed by atoms with Crippen LogP contribution in [0.25, 0.3) is 0 Å². The Labute approximate surface area is 105 Å². The van der Waals surface area contributed by atoms with Crippen LogP contribution in [-0.4, -0.2) is 17.2 Å². The van der Waals surface area contributed by atoms with Gasteiger partial charge in [-0.3, -0.25) is 4.79 Å². The van der Waals surface area contributed by atoms with Gasteiger partial charge in [0.15, 0.2) is 5.78 Å². The van der Waals surface area contributed by atoms with Gasteiger partial charge in [-0.05, 0) is 32.4 Å². The van der Waals surface area contributed by atoms with Gasteiger partial charge in [-0.1, -0.05) is 28.1 Å². The quantitative estimate of drug-likeness (QED) is 0.586. The predicted molar refractivity (Wildman–Crippen MR) is 69.6 cm³/mol. The van der Waals surface area contributed by atoms with Gasteiger partial charge in [0.25, 0.3) is 0 Å². The maximum atomic E-state index is 11.8.